The van der Waals surface area contributed by atoms with Crippen LogP contribution in [0.3, 0.4) is 0 Å². The molecule has 1 amide bonds. The van der Waals surface area contributed by atoms with Gasteiger partial charge in [0.2, 0.25) is 0 Å². The van der Waals surface area contributed by atoms with Crippen molar-refractivity contribution in [1.82, 2.24) is 14.1 Å². The first kappa shape index (κ1) is 23.2. The van der Waals surface area contributed by atoms with Crippen LogP contribution in [-0.4, -0.2) is 49.8 Å². The molecule has 0 aliphatic carbocycles. The quantitative estimate of drug-likeness (QED) is 0.555. The highest BCUT2D eigenvalue weighted by Crippen LogP contribution is 2.28. The molecule has 1 saturated heterocycles. The fraction of sp³-hybridized carbons (Fsp3) is 0.619. The van der Waals surface area contributed by atoms with Gasteiger partial charge in [0.1, 0.15) is 4.83 Å². The molecule has 1 unspecified atom stereocenters. The third-order valence-corrected chi connectivity index (χ3v) is 6.56. The van der Waals surface area contributed by atoms with Crippen molar-refractivity contribution in [1.29, 1.82) is 0 Å². The highest BCUT2D eigenvalue weighted by Gasteiger charge is 2.27. The summed E-state index contributed by atoms with van der Waals surface area (Å²) in [5, 5.41) is 15.1. The Kier molecular flexibility index (Phi) is 6.43. The molecule has 0 bridgehead atoms. The van der Waals surface area contributed by atoms with E-state index < -0.39 is 11.6 Å². The van der Waals surface area contributed by atoms with Crippen LogP contribution in [0.2, 0.25) is 0 Å². The highest BCUT2D eigenvalue weighted by molar-refractivity contribution is 7.20. The van der Waals surface area contributed by atoms with Gasteiger partial charge < -0.3 is 9.84 Å². The average molecular weight is 451 g/mol. The number of nitrogens with zero attached hydrogens (tertiary/aromatic N) is 4. The van der Waals surface area contributed by atoms with Gasteiger partial charge in [0.05, 0.1) is 34.7 Å². The van der Waals surface area contributed by atoms with E-state index >= 15 is 0 Å². The maximum Gasteiger partial charge on any atom is 0.428 e. The van der Waals surface area contributed by atoms with Crippen LogP contribution in [0.4, 0.5) is 4.79 Å². The van der Waals surface area contributed by atoms with E-state index in [1.54, 1.807) is 32.3 Å². The zero-order valence-corrected chi connectivity index (χ0v) is 19.7. The average Bonchev–Trinajstić information content (AvgIpc) is 3.25. The van der Waals surface area contributed by atoms with Crippen molar-refractivity contribution in [2.75, 3.05) is 6.61 Å². The Hall–Kier alpha value is -2.46. The van der Waals surface area contributed by atoms with Gasteiger partial charge in [-0.25, -0.2) is 9.59 Å². The molecule has 10 heteroatoms. The number of rotatable bonds is 5. The first-order valence-electron chi connectivity index (χ1n) is 10.4. The van der Waals surface area contributed by atoms with Gasteiger partial charge in [-0.3, -0.25) is 13.9 Å². The molecule has 0 radical (unpaired) electrons. The second-order valence-electron chi connectivity index (χ2n) is 9.08. The molecule has 3 heterocycles. The summed E-state index contributed by atoms with van der Waals surface area (Å²) in [5.41, 5.74) is -0.727. The Morgan fingerprint density at radius 3 is 2.58 bits per heavy atom. The SMILES string of the molecule is Cc1c(C=NN(C(=O)O)C(C)(C)C)sc2c1c(=O)n(C(C)C)c(=O)n2CC1CCCO1. The zero-order chi connectivity index (χ0) is 23.1. The fourth-order valence-corrected chi connectivity index (χ4v) is 4.90. The Labute approximate surface area is 184 Å². The number of hydrogen-bond donors (Lipinski definition) is 1. The summed E-state index contributed by atoms with van der Waals surface area (Å²) in [7, 11) is 0. The third kappa shape index (κ3) is 4.45. The molecule has 0 saturated carbocycles. The van der Waals surface area contributed by atoms with Gasteiger partial charge in [0.25, 0.3) is 5.56 Å². The van der Waals surface area contributed by atoms with Gasteiger partial charge in [0, 0.05) is 12.6 Å². The van der Waals surface area contributed by atoms with E-state index in [0.717, 1.165) is 17.9 Å². The lowest BCUT2D eigenvalue weighted by Crippen LogP contribution is -2.42. The number of aromatic nitrogens is 2. The van der Waals surface area contributed by atoms with Crippen LogP contribution >= 0.6 is 11.3 Å². The van der Waals surface area contributed by atoms with Crippen molar-refractivity contribution in [3.63, 3.8) is 0 Å². The van der Waals surface area contributed by atoms with Gasteiger partial charge in [-0.05, 0) is 59.9 Å². The number of aryl methyl sites for hydroxylation is 1. The van der Waals surface area contributed by atoms with Crippen LogP contribution < -0.4 is 11.2 Å². The lowest BCUT2D eigenvalue weighted by atomic mass is 10.1. The van der Waals surface area contributed by atoms with Crippen LogP contribution in [0, 0.1) is 6.92 Å². The Balaban J connectivity index is 2.20. The van der Waals surface area contributed by atoms with Crippen molar-refractivity contribution < 1.29 is 14.6 Å². The second kappa shape index (κ2) is 8.58. The maximum absolute atomic E-state index is 13.2. The number of hydrogen-bond acceptors (Lipinski definition) is 6. The van der Waals surface area contributed by atoms with Crippen LogP contribution in [0.1, 0.15) is 63.9 Å². The summed E-state index contributed by atoms with van der Waals surface area (Å²) < 4.78 is 8.63. The largest absolute Gasteiger partial charge is 0.464 e. The van der Waals surface area contributed by atoms with E-state index in [1.807, 2.05) is 13.8 Å². The van der Waals surface area contributed by atoms with Crippen LogP contribution in [0.25, 0.3) is 10.2 Å². The van der Waals surface area contributed by atoms with Gasteiger partial charge in [0.15, 0.2) is 0 Å². The van der Waals surface area contributed by atoms with Crippen LogP contribution in [0.5, 0.6) is 0 Å². The summed E-state index contributed by atoms with van der Waals surface area (Å²) in [5.74, 6) is 0. The Morgan fingerprint density at radius 1 is 1.39 bits per heavy atom. The molecule has 1 fully saturated rings. The first-order chi connectivity index (χ1) is 14.4. The minimum atomic E-state index is -1.17. The fourth-order valence-electron chi connectivity index (χ4n) is 3.73. The van der Waals surface area contributed by atoms with Crippen molar-refractivity contribution in [3.05, 3.63) is 31.3 Å². The number of fused-ring (bicyclic) bond motifs is 1. The van der Waals surface area contributed by atoms with E-state index in [4.69, 9.17) is 4.74 Å². The molecular formula is C21H30N4O5S. The van der Waals surface area contributed by atoms with E-state index in [2.05, 4.69) is 5.10 Å². The summed E-state index contributed by atoms with van der Waals surface area (Å²) in [6.07, 6.45) is 2.04. The molecule has 170 valence electrons. The van der Waals surface area contributed by atoms with Gasteiger partial charge in [-0.15, -0.1) is 11.3 Å². The summed E-state index contributed by atoms with van der Waals surface area (Å²) in [6, 6.07) is -0.292. The summed E-state index contributed by atoms with van der Waals surface area (Å²) in [6.45, 7) is 11.7. The lowest BCUT2D eigenvalue weighted by Gasteiger charge is -2.27. The van der Waals surface area contributed by atoms with Crippen LogP contribution in [0.15, 0.2) is 14.7 Å². The molecular weight excluding hydrogens is 420 g/mol. The number of carboxylic acid groups (broad SMARTS) is 1. The first-order valence-corrected chi connectivity index (χ1v) is 11.2. The molecule has 1 aliphatic heterocycles. The molecule has 31 heavy (non-hydrogen) atoms. The normalized spacial score (nSPS) is 17.3. The molecule has 0 aromatic carbocycles. The number of carbonyl (C=O) groups is 1. The minimum Gasteiger partial charge on any atom is -0.464 e. The Bertz CT molecular complexity index is 1130. The van der Waals surface area contributed by atoms with Crippen molar-refractivity contribution in [2.45, 2.75) is 78.6 Å². The number of amides is 1. The topological polar surface area (TPSA) is 106 Å². The maximum atomic E-state index is 13.2. The standard InChI is InChI=1S/C21H30N4O5S/c1-12(2)24-17(26)16-13(3)15(10-22-25(20(28)29)21(4,5)6)31-18(16)23(19(24)27)11-14-8-7-9-30-14/h10,12,14H,7-9,11H2,1-6H3,(H,28,29). The third-order valence-electron chi connectivity index (χ3n) is 5.31. The minimum absolute atomic E-state index is 0.0677. The number of hydrazone groups is 1. The van der Waals surface area contributed by atoms with Crippen LogP contribution in [-0.2, 0) is 11.3 Å². The van der Waals surface area contributed by atoms with Gasteiger partial charge in [-0.1, -0.05) is 0 Å². The van der Waals surface area contributed by atoms with Crippen molar-refractivity contribution in [2.24, 2.45) is 5.10 Å². The number of ether oxygens (including phenoxy) is 1. The van der Waals surface area contributed by atoms with Gasteiger partial charge >= 0.3 is 11.8 Å². The van der Waals surface area contributed by atoms with E-state index in [0.29, 0.717) is 33.8 Å². The predicted molar refractivity (Wildman–Crippen MR) is 122 cm³/mol. The van der Waals surface area contributed by atoms with Crippen molar-refractivity contribution >= 4 is 33.9 Å². The molecule has 2 aromatic rings. The Morgan fingerprint density at radius 2 is 2.06 bits per heavy atom. The molecule has 2 aromatic heterocycles. The monoisotopic (exact) mass is 450 g/mol. The van der Waals surface area contributed by atoms with E-state index in [-0.39, 0.29) is 23.4 Å². The predicted octanol–water partition coefficient (Wildman–Crippen LogP) is 3.41. The molecule has 1 atom stereocenters. The molecule has 1 aliphatic rings. The summed E-state index contributed by atoms with van der Waals surface area (Å²) in [4.78, 5) is 39.2. The smallest absolute Gasteiger partial charge is 0.428 e. The molecule has 9 nitrogen and oxygen atoms in total. The molecule has 0 spiro atoms. The molecule has 3 rings (SSSR count). The second-order valence-corrected chi connectivity index (χ2v) is 10.1. The summed E-state index contributed by atoms with van der Waals surface area (Å²) >= 11 is 1.27. The molecule has 1 N–H and O–H groups in total. The van der Waals surface area contributed by atoms with Gasteiger partial charge in [-0.2, -0.15) is 10.1 Å². The number of thiophene rings is 1. The lowest BCUT2D eigenvalue weighted by molar-refractivity contribution is 0.0965. The van der Waals surface area contributed by atoms with Crippen molar-refractivity contribution in [3.8, 4) is 0 Å². The highest BCUT2D eigenvalue weighted by atomic mass is 32.1. The van der Waals surface area contributed by atoms with E-state index in [1.165, 1.54) is 22.1 Å². The zero-order valence-electron chi connectivity index (χ0n) is 18.8. The van der Waals surface area contributed by atoms with E-state index in [9.17, 15) is 19.5 Å².